The van der Waals surface area contributed by atoms with Crippen LogP contribution in [0.4, 0.5) is 11.4 Å². The Morgan fingerprint density at radius 2 is 1.53 bits per heavy atom. The van der Waals surface area contributed by atoms with Gasteiger partial charge in [0, 0.05) is 51.5 Å². The van der Waals surface area contributed by atoms with E-state index in [0.717, 1.165) is 29.2 Å². The summed E-state index contributed by atoms with van der Waals surface area (Å²) in [5.41, 5.74) is 3.97. The fourth-order valence-corrected chi connectivity index (χ4v) is 3.24. The molecule has 6 heteroatoms. The van der Waals surface area contributed by atoms with Gasteiger partial charge in [-0.1, -0.05) is 24.2 Å². The van der Waals surface area contributed by atoms with Crippen LogP contribution in [0.15, 0.2) is 66.0 Å². The minimum atomic E-state index is 0.0843. The highest BCUT2D eigenvalue weighted by atomic mass is 16.1. The fraction of sp³-hybridized carbons (Fsp3) is 0.292. The van der Waals surface area contributed by atoms with E-state index in [2.05, 4.69) is 29.1 Å². The number of imidazole rings is 1. The Bertz CT molecular complexity index is 1010. The maximum atomic E-state index is 12.8. The van der Waals surface area contributed by atoms with Crippen LogP contribution in [0.3, 0.4) is 0 Å². The quantitative estimate of drug-likeness (QED) is 0.329. The van der Waals surface area contributed by atoms with E-state index in [1.54, 1.807) is 0 Å². The predicted molar refractivity (Wildman–Crippen MR) is 123 cm³/mol. The zero-order valence-corrected chi connectivity index (χ0v) is 18.4. The van der Waals surface area contributed by atoms with Crippen molar-refractivity contribution in [1.82, 2.24) is 4.68 Å². The maximum absolute atomic E-state index is 12.8. The number of anilines is 2. The molecule has 0 radical (unpaired) electrons. The SMILES string of the molecule is CCc1n(N=Cc2ccc(N(C)C)cc2)cc[n+]1CC(=O)c1ccc(N(C)C)cc1. The van der Waals surface area contributed by atoms with Crippen molar-refractivity contribution in [1.29, 1.82) is 0 Å². The topological polar surface area (TPSA) is 44.7 Å². The van der Waals surface area contributed by atoms with Crippen LogP contribution in [0.25, 0.3) is 0 Å². The van der Waals surface area contributed by atoms with Gasteiger partial charge in [0.2, 0.25) is 5.78 Å². The number of ketones is 1. The molecule has 0 N–H and O–H groups in total. The average Bonchev–Trinajstić information content (AvgIpc) is 3.13. The lowest BCUT2D eigenvalue weighted by Gasteiger charge is -2.12. The van der Waals surface area contributed by atoms with Crippen LogP contribution in [0.1, 0.15) is 28.7 Å². The number of rotatable bonds is 8. The number of hydrogen-bond acceptors (Lipinski definition) is 4. The van der Waals surface area contributed by atoms with Crippen LogP contribution >= 0.6 is 0 Å². The van der Waals surface area contributed by atoms with Gasteiger partial charge in [-0.25, -0.2) is 4.57 Å². The third-order valence-electron chi connectivity index (χ3n) is 5.06. The van der Waals surface area contributed by atoms with Gasteiger partial charge >= 0.3 is 0 Å². The number of aromatic nitrogens is 2. The molecule has 0 unspecified atom stereocenters. The van der Waals surface area contributed by atoms with E-state index in [1.807, 2.05) is 97.3 Å². The molecule has 3 aromatic rings. The van der Waals surface area contributed by atoms with Crippen LogP contribution in [0, 0.1) is 0 Å². The monoisotopic (exact) mass is 404 g/mol. The minimum absolute atomic E-state index is 0.0843. The molecular weight excluding hydrogens is 374 g/mol. The van der Waals surface area contributed by atoms with Crippen LogP contribution in [0.2, 0.25) is 0 Å². The molecule has 0 spiro atoms. The Morgan fingerprint density at radius 3 is 2.07 bits per heavy atom. The zero-order valence-electron chi connectivity index (χ0n) is 18.4. The molecule has 3 rings (SSSR count). The van der Waals surface area contributed by atoms with E-state index in [0.29, 0.717) is 12.1 Å². The van der Waals surface area contributed by atoms with Gasteiger partial charge in [-0.2, -0.15) is 0 Å². The first-order chi connectivity index (χ1) is 14.4. The van der Waals surface area contributed by atoms with Crippen molar-refractivity contribution in [3.63, 3.8) is 0 Å². The van der Waals surface area contributed by atoms with E-state index < -0.39 is 0 Å². The Hall–Kier alpha value is -3.41. The van der Waals surface area contributed by atoms with E-state index in [-0.39, 0.29) is 5.78 Å². The summed E-state index contributed by atoms with van der Waals surface area (Å²) in [6, 6.07) is 15.9. The van der Waals surface area contributed by atoms with Crippen molar-refractivity contribution in [2.24, 2.45) is 5.10 Å². The smallest absolute Gasteiger partial charge is 0.282 e. The average molecular weight is 405 g/mol. The minimum Gasteiger partial charge on any atom is -0.378 e. The number of Topliss-reactive ketones (excluding diaryl/α,β-unsaturated/α-hetero) is 1. The van der Waals surface area contributed by atoms with Crippen molar-refractivity contribution >= 4 is 23.4 Å². The lowest BCUT2D eigenvalue weighted by molar-refractivity contribution is -0.690. The number of carbonyl (C=O) groups excluding carboxylic acids is 1. The van der Waals surface area contributed by atoms with Gasteiger partial charge in [-0.3, -0.25) is 4.79 Å². The Morgan fingerprint density at radius 1 is 0.967 bits per heavy atom. The highest BCUT2D eigenvalue weighted by molar-refractivity contribution is 5.95. The molecule has 2 aromatic carbocycles. The number of benzene rings is 2. The number of nitrogens with zero attached hydrogens (tertiary/aromatic N) is 5. The van der Waals surface area contributed by atoms with Gasteiger partial charge in [0.1, 0.15) is 6.20 Å². The second kappa shape index (κ2) is 9.39. The third kappa shape index (κ3) is 4.95. The molecule has 0 saturated carbocycles. The summed E-state index contributed by atoms with van der Waals surface area (Å²) in [6.07, 6.45) is 6.42. The maximum Gasteiger partial charge on any atom is 0.282 e. The van der Waals surface area contributed by atoms with Crippen LogP contribution < -0.4 is 14.4 Å². The summed E-state index contributed by atoms with van der Waals surface area (Å²) in [5, 5.41) is 4.59. The van der Waals surface area contributed by atoms with E-state index in [4.69, 9.17) is 0 Å². The normalized spacial score (nSPS) is 11.1. The molecule has 0 aliphatic carbocycles. The molecule has 156 valence electrons. The first-order valence-corrected chi connectivity index (χ1v) is 10.1. The van der Waals surface area contributed by atoms with Gasteiger partial charge < -0.3 is 9.80 Å². The van der Waals surface area contributed by atoms with Crippen molar-refractivity contribution in [2.45, 2.75) is 19.9 Å². The number of carbonyl (C=O) groups is 1. The summed E-state index contributed by atoms with van der Waals surface area (Å²) < 4.78 is 3.80. The molecule has 0 bridgehead atoms. The molecule has 6 nitrogen and oxygen atoms in total. The predicted octanol–water partition coefficient (Wildman–Crippen LogP) is 3.24. The molecule has 0 amide bonds. The van der Waals surface area contributed by atoms with E-state index >= 15 is 0 Å². The summed E-state index contributed by atoms with van der Waals surface area (Å²) >= 11 is 0. The lowest BCUT2D eigenvalue weighted by atomic mass is 10.1. The second-order valence-electron chi connectivity index (χ2n) is 7.64. The van der Waals surface area contributed by atoms with Crippen molar-refractivity contribution < 1.29 is 9.36 Å². The first kappa shape index (κ1) is 21.3. The van der Waals surface area contributed by atoms with Crippen molar-refractivity contribution in [3.8, 4) is 0 Å². The lowest BCUT2D eigenvalue weighted by Crippen LogP contribution is -2.40. The van der Waals surface area contributed by atoms with Gasteiger partial charge in [0.25, 0.3) is 5.82 Å². The third-order valence-corrected chi connectivity index (χ3v) is 5.06. The Labute approximate surface area is 178 Å². The summed E-state index contributed by atoms with van der Waals surface area (Å²) in [4.78, 5) is 16.8. The molecule has 0 atom stereocenters. The molecule has 1 heterocycles. The zero-order chi connectivity index (χ0) is 21.7. The molecule has 30 heavy (non-hydrogen) atoms. The van der Waals surface area contributed by atoms with Gasteiger partial charge in [0.05, 0.1) is 6.21 Å². The first-order valence-electron chi connectivity index (χ1n) is 10.1. The molecule has 0 aliphatic heterocycles. The van der Waals surface area contributed by atoms with Crippen LogP contribution in [-0.2, 0) is 13.0 Å². The van der Waals surface area contributed by atoms with Gasteiger partial charge in [-0.05, 0) is 42.0 Å². The number of hydrogen-bond donors (Lipinski definition) is 0. The van der Waals surface area contributed by atoms with Gasteiger partial charge in [-0.15, -0.1) is 4.68 Å². The standard InChI is InChI=1S/C24H30N5O/c1-6-24-28(18-23(30)20-9-13-22(14-10-20)27(4)5)15-16-29(24)25-17-19-7-11-21(12-8-19)26(2)3/h7-17H,6,18H2,1-5H3/q+1. The fourth-order valence-electron chi connectivity index (χ4n) is 3.24. The molecular formula is C24H30N5O+. The summed E-state index contributed by atoms with van der Waals surface area (Å²) in [6.45, 7) is 2.37. The summed E-state index contributed by atoms with van der Waals surface area (Å²) in [7, 11) is 8.01. The molecule has 0 aliphatic rings. The molecule has 0 saturated heterocycles. The second-order valence-corrected chi connectivity index (χ2v) is 7.64. The largest absolute Gasteiger partial charge is 0.378 e. The van der Waals surface area contributed by atoms with E-state index in [1.165, 1.54) is 0 Å². The Kier molecular flexibility index (Phi) is 6.67. The van der Waals surface area contributed by atoms with Crippen LogP contribution in [0.5, 0.6) is 0 Å². The van der Waals surface area contributed by atoms with Crippen molar-refractivity contribution in [3.05, 3.63) is 77.9 Å². The van der Waals surface area contributed by atoms with Gasteiger partial charge in [0.15, 0.2) is 12.7 Å². The molecule has 0 fully saturated rings. The van der Waals surface area contributed by atoms with E-state index in [9.17, 15) is 4.79 Å². The molecule has 1 aromatic heterocycles. The highest BCUT2D eigenvalue weighted by Crippen LogP contribution is 2.13. The Balaban J connectivity index is 1.74. The summed E-state index contributed by atoms with van der Waals surface area (Å²) in [5.74, 6) is 1.07. The van der Waals surface area contributed by atoms with Crippen LogP contribution in [-0.4, -0.2) is 44.9 Å². The van der Waals surface area contributed by atoms with Crippen molar-refractivity contribution in [2.75, 3.05) is 38.0 Å². The highest BCUT2D eigenvalue weighted by Gasteiger charge is 2.18.